The second-order valence-corrected chi connectivity index (χ2v) is 6.39. The van der Waals surface area contributed by atoms with E-state index < -0.39 is 0 Å². The lowest BCUT2D eigenvalue weighted by Gasteiger charge is -2.27. The van der Waals surface area contributed by atoms with Crippen molar-refractivity contribution in [3.05, 3.63) is 11.7 Å². The Morgan fingerprint density at radius 1 is 1.29 bits per heavy atom. The highest BCUT2D eigenvalue weighted by molar-refractivity contribution is 4.99. The summed E-state index contributed by atoms with van der Waals surface area (Å²) in [5.41, 5.74) is 0. The van der Waals surface area contributed by atoms with E-state index in [0.29, 0.717) is 23.7 Å². The average molecular weight is 295 g/mol. The average Bonchev–Trinajstić information content (AvgIpc) is 2.95. The molecule has 0 saturated heterocycles. The molecular formula is C16H29N3O2. The molecule has 5 nitrogen and oxygen atoms in total. The van der Waals surface area contributed by atoms with Crippen molar-refractivity contribution in [1.29, 1.82) is 0 Å². The summed E-state index contributed by atoms with van der Waals surface area (Å²) < 4.78 is 11.0. The van der Waals surface area contributed by atoms with E-state index in [-0.39, 0.29) is 6.10 Å². The molecule has 1 aliphatic carbocycles. The highest BCUT2D eigenvalue weighted by Crippen LogP contribution is 2.33. The summed E-state index contributed by atoms with van der Waals surface area (Å²) in [4.78, 5) is 4.59. The molecule has 1 saturated carbocycles. The second kappa shape index (κ2) is 7.90. The van der Waals surface area contributed by atoms with Gasteiger partial charge in [0.1, 0.15) is 6.10 Å². The van der Waals surface area contributed by atoms with Crippen molar-refractivity contribution in [3.63, 3.8) is 0 Å². The molecular weight excluding hydrogens is 266 g/mol. The van der Waals surface area contributed by atoms with Gasteiger partial charge in [0.2, 0.25) is 11.7 Å². The number of aromatic nitrogens is 2. The molecule has 2 rings (SSSR count). The van der Waals surface area contributed by atoms with E-state index in [2.05, 4.69) is 36.2 Å². The van der Waals surface area contributed by atoms with Gasteiger partial charge in [0.25, 0.3) is 0 Å². The topological polar surface area (TPSA) is 60.2 Å². The molecule has 5 heteroatoms. The van der Waals surface area contributed by atoms with E-state index in [0.717, 1.165) is 25.3 Å². The number of ether oxygens (including phenoxy) is 1. The first-order chi connectivity index (χ1) is 10.2. The van der Waals surface area contributed by atoms with Crippen molar-refractivity contribution in [2.24, 2.45) is 5.92 Å². The standard InChI is InChI=1S/C16H29N3O2/c1-5-10-17-13-8-6-12(7-9-13)16-18-15(19-21-16)14(20-4)11(2)3/h11-14,17H,5-10H2,1-4H3. The van der Waals surface area contributed by atoms with Crippen LogP contribution in [0.5, 0.6) is 0 Å². The molecule has 1 aromatic rings. The molecule has 0 radical (unpaired) electrons. The third kappa shape index (κ3) is 4.27. The normalized spacial score (nSPS) is 24.4. The lowest BCUT2D eigenvalue weighted by Crippen LogP contribution is -2.33. The van der Waals surface area contributed by atoms with Crippen LogP contribution in [-0.2, 0) is 4.74 Å². The van der Waals surface area contributed by atoms with Gasteiger partial charge in [0.15, 0.2) is 0 Å². The maximum Gasteiger partial charge on any atom is 0.229 e. The summed E-state index contributed by atoms with van der Waals surface area (Å²) in [7, 11) is 1.70. The molecule has 1 fully saturated rings. The van der Waals surface area contributed by atoms with Crippen molar-refractivity contribution < 1.29 is 9.26 Å². The Morgan fingerprint density at radius 2 is 2.00 bits per heavy atom. The minimum atomic E-state index is -0.0786. The summed E-state index contributed by atoms with van der Waals surface area (Å²) >= 11 is 0. The minimum absolute atomic E-state index is 0.0786. The molecule has 120 valence electrons. The van der Waals surface area contributed by atoms with Crippen LogP contribution < -0.4 is 5.32 Å². The number of hydrogen-bond acceptors (Lipinski definition) is 5. The fourth-order valence-electron chi connectivity index (χ4n) is 3.10. The maximum atomic E-state index is 5.49. The van der Waals surface area contributed by atoms with Gasteiger partial charge in [-0.2, -0.15) is 4.98 Å². The van der Waals surface area contributed by atoms with Crippen LogP contribution >= 0.6 is 0 Å². The van der Waals surface area contributed by atoms with Crippen molar-refractivity contribution >= 4 is 0 Å². The summed E-state index contributed by atoms with van der Waals surface area (Å²) in [6, 6.07) is 0.658. The van der Waals surface area contributed by atoms with Gasteiger partial charge in [0.05, 0.1) is 0 Å². The Kier molecular flexibility index (Phi) is 6.18. The lowest BCUT2D eigenvalue weighted by atomic mass is 9.86. The van der Waals surface area contributed by atoms with Gasteiger partial charge in [-0.1, -0.05) is 25.9 Å². The van der Waals surface area contributed by atoms with Gasteiger partial charge < -0.3 is 14.6 Å². The quantitative estimate of drug-likeness (QED) is 0.835. The van der Waals surface area contributed by atoms with Crippen molar-refractivity contribution in [2.75, 3.05) is 13.7 Å². The first-order valence-corrected chi connectivity index (χ1v) is 8.25. The van der Waals surface area contributed by atoms with Crippen LogP contribution in [0, 0.1) is 5.92 Å². The van der Waals surface area contributed by atoms with Crippen LogP contribution in [0.3, 0.4) is 0 Å². The fraction of sp³-hybridized carbons (Fsp3) is 0.875. The largest absolute Gasteiger partial charge is 0.373 e. The van der Waals surface area contributed by atoms with Crippen LogP contribution in [0.2, 0.25) is 0 Å². The minimum Gasteiger partial charge on any atom is -0.373 e. The van der Waals surface area contributed by atoms with E-state index in [9.17, 15) is 0 Å². The third-order valence-electron chi connectivity index (χ3n) is 4.33. The molecule has 0 amide bonds. The van der Waals surface area contributed by atoms with Crippen LogP contribution in [0.4, 0.5) is 0 Å². The molecule has 0 bridgehead atoms. The van der Waals surface area contributed by atoms with Crippen LogP contribution in [-0.4, -0.2) is 29.8 Å². The van der Waals surface area contributed by atoms with Crippen LogP contribution in [0.25, 0.3) is 0 Å². The predicted molar refractivity (Wildman–Crippen MR) is 82.2 cm³/mol. The molecule has 1 heterocycles. The smallest absolute Gasteiger partial charge is 0.229 e. The van der Waals surface area contributed by atoms with Gasteiger partial charge in [-0.05, 0) is 44.6 Å². The van der Waals surface area contributed by atoms with E-state index in [1.54, 1.807) is 7.11 Å². The Hall–Kier alpha value is -0.940. The molecule has 1 N–H and O–H groups in total. The molecule has 0 aliphatic heterocycles. The fourth-order valence-corrected chi connectivity index (χ4v) is 3.10. The SMILES string of the molecule is CCCNC1CCC(c2nc(C(OC)C(C)C)no2)CC1. The van der Waals surface area contributed by atoms with Gasteiger partial charge in [-0.25, -0.2) is 0 Å². The van der Waals surface area contributed by atoms with E-state index >= 15 is 0 Å². The van der Waals surface area contributed by atoms with Crippen molar-refractivity contribution in [3.8, 4) is 0 Å². The Bertz CT molecular complexity index is 411. The first kappa shape index (κ1) is 16.4. The third-order valence-corrected chi connectivity index (χ3v) is 4.33. The highest BCUT2D eigenvalue weighted by Gasteiger charge is 2.28. The Balaban J connectivity index is 1.91. The first-order valence-electron chi connectivity index (χ1n) is 8.25. The maximum absolute atomic E-state index is 5.49. The van der Waals surface area contributed by atoms with Crippen molar-refractivity contribution in [2.45, 2.75) is 70.9 Å². The van der Waals surface area contributed by atoms with Crippen LogP contribution in [0.1, 0.15) is 76.6 Å². The summed E-state index contributed by atoms with van der Waals surface area (Å²) in [5, 5.41) is 7.73. The molecule has 1 aliphatic rings. The zero-order chi connectivity index (χ0) is 15.2. The monoisotopic (exact) mass is 295 g/mol. The van der Waals surface area contributed by atoms with Gasteiger partial charge >= 0.3 is 0 Å². The number of methoxy groups -OCH3 is 1. The molecule has 0 spiro atoms. The molecule has 1 unspecified atom stereocenters. The zero-order valence-electron chi connectivity index (χ0n) is 13.8. The number of hydrogen-bond donors (Lipinski definition) is 1. The van der Waals surface area contributed by atoms with Gasteiger partial charge in [0, 0.05) is 19.1 Å². The van der Waals surface area contributed by atoms with E-state index in [1.165, 1.54) is 19.3 Å². The van der Waals surface area contributed by atoms with E-state index in [1.807, 2.05) is 0 Å². The summed E-state index contributed by atoms with van der Waals surface area (Å²) in [6.07, 6.45) is 5.76. The number of rotatable bonds is 7. The molecule has 21 heavy (non-hydrogen) atoms. The molecule has 1 atom stereocenters. The summed E-state index contributed by atoms with van der Waals surface area (Å²) in [5.74, 6) is 2.24. The lowest BCUT2D eigenvalue weighted by molar-refractivity contribution is 0.0555. The zero-order valence-corrected chi connectivity index (χ0v) is 13.8. The van der Waals surface area contributed by atoms with Crippen LogP contribution in [0.15, 0.2) is 4.52 Å². The number of nitrogens with zero attached hydrogens (tertiary/aromatic N) is 2. The Morgan fingerprint density at radius 3 is 2.57 bits per heavy atom. The highest BCUT2D eigenvalue weighted by atomic mass is 16.5. The number of nitrogens with one attached hydrogen (secondary N) is 1. The summed E-state index contributed by atoms with van der Waals surface area (Å²) in [6.45, 7) is 7.53. The van der Waals surface area contributed by atoms with Gasteiger partial charge in [-0.3, -0.25) is 0 Å². The predicted octanol–water partition coefficient (Wildman–Crippen LogP) is 3.44. The Labute approximate surface area is 127 Å². The molecule has 1 aromatic heterocycles. The second-order valence-electron chi connectivity index (χ2n) is 6.39. The molecule has 0 aromatic carbocycles. The van der Waals surface area contributed by atoms with E-state index in [4.69, 9.17) is 9.26 Å². The van der Waals surface area contributed by atoms with Crippen molar-refractivity contribution in [1.82, 2.24) is 15.5 Å². The van der Waals surface area contributed by atoms with Gasteiger partial charge in [-0.15, -0.1) is 0 Å².